The fourth-order valence-corrected chi connectivity index (χ4v) is 2.45. The molecule has 84 valence electrons. The molecule has 1 aromatic rings. The largest absolute Gasteiger partial charge is 0.367 e. The quantitative estimate of drug-likeness (QED) is 0.689. The van der Waals surface area contributed by atoms with Crippen LogP contribution < -0.4 is 11.1 Å². The summed E-state index contributed by atoms with van der Waals surface area (Å²) in [5, 5.41) is 10.2. The minimum Gasteiger partial charge on any atom is -0.367 e. The SMILES string of the molecule is CNC1(Cc2nc(N)n[nH]2)CCCCC1. The van der Waals surface area contributed by atoms with Gasteiger partial charge in [0.15, 0.2) is 0 Å². The van der Waals surface area contributed by atoms with Gasteiger partial charge in [0, 0.05) is 12.0 Å². The van der Waals surface area contributed by atoms with Gasteiger partial charge in [-0.25, -0.2) is 0 Å². The standard InChI is InChI=1S/C10H19N5/c1-12-10(5-3-2-4-6-10)7-8-13-9(11)15-14-8/h12H,2-7H2,1H3,(H3,11,13,14,15). The van der Waals surface area contributed by atoms with Crippen LogP contribution in [-0.4, -0.2) is 27.8 Å². The van der Waals surface area contributed by atoms with Gasteiger partial charge in [0.05, 0.1) is 0 Å². The third kappa shape index (κ3) is 2.28. The number of rotatable bonds is 3. The lowest BCUT2D eigenvalue weighted by Crippen LogP contribution is -2.46. The summed E-state index contributed by atoms with van der Waals surface area (Å²) in [4.78, 5) is 4.17. The highest BCUT2D eigenvalue weighted by molar-refractivity contribution is 5.14. The smallest absolute Gasteiger partial charge is 0.239 e. The molecule has 1 heterocycles. The summed E-state index contributed by atoms with van der Waals surface area (Å²) in [6.07, 6.45) is 7.26. The number of anilines is 1. The van der Waals surface area contributed by atoms with Crippen LogP contribution in [0, 0.1) is 0 Å². The highest BCUT2D eigenvalue weighted by atomic mass is 15.3. The van der Waals surface area contributed by atoms with Crippen molar-refractivity contribution in [3.63, 3.8) is 0 Å². The molecule has 0 amide bonds. The zero-order valence-electron chi connectivity index (χ0n) is 9.21. The van der Waals surface area contributed by atoms with Crippen LogP contribution in [0.4, 0.5) is 5.95 Å². The Morgan fingerprint density at radius 1 is 1.40 bits per heavy atom. The van der Waals surface area contributed by atoms with Crippen LogP contribution in [0.2, 0.25) is 0 Å². The number of hydrogen-bond acceptors (Lipinski definition) is 4. The normalized spacial score (nSPS) is 20.3. The molecule has 0 aliphatic heterocycles. The molecule has 5 nitrogen and oxygen atoms in total. The van der Waals surface area contributed by atoms with Crippen LogP contribution in [-0.2, 0) is 6.42 Å². The average molecular weight is 209 g/mol. The van der Waals surface area contributed by atoms with E-state index in [-0.39, 0.29) is 5.54 Å². The fraction of sp³-hybridized carbons (Fsp3) is 0.800. The van der Waals surface area contributed by atoms with Crippen LogP contribution in [0.25, 0.3) is 0 Å². The number of aromatic nitrogens is 3. The molecular formula is C10H19N5. The lowest BCUT2D eigenvalue weighted by atomic mass is 9.79. The minimum absolute atomic E-state index is 0.199. The van der Waals surface area contributed by atoms with Crippen LogP contribution in [0.3, 0.4) is 0 Å². The second-order valence-electron chi connectivity index (χ2n) is 4.41. The molecule has 1 aromatic heterocycles. The van der Waals surface area contributed by atoms with Gasteiger partial charge in [-0.05, 0) is 19.9 Å². The Morgan fingerprint density at radius 3 is 2.67 bits per heavy atom. The zero-order chi connectivity index (χ0) is 10.7. The third-order valence-corrected chi connectivity index (χ3v) is 3.40. The van der Waals surface area contributed by atoms with Gasteiger partial charge in [0.25, 0.3) is 0 Å². The topological polar surface area (TPSA) is 79.6 Å². The number of aromatic amines is 1. The van der Waals surface area contributed by atoms with E-state index in [0.717, 1.165) is 12.2 Å². The maximum Gasteiger partial charge on any atom is 0.239 e. The summed E-state index contributed by atoms with van der Waals surface area (Å²) in [6.45, 7) is 0. The Morgan fingerprint density at radius 2 is 2.13 bits per heavy atom. The van der Waals surface area contributed by atoms with Gasteiger partial charge in [0.2, 0.25) is 5.95 Å². The third-order valence-electron chi connectivity index (χ3n) is 3.40. The summed E-state index contributed by atoms with van der Waals surface area (Å²) in [7, 11) is 2.03. The maximum atomic E-state index is 5.49. The first kappa shape index (κ1) is 10.4. The highest BCUT2D eigenvalue weighted by Crippen LogP contribution is 2.30. The average Bonchev–Trinajstić information content (AvgIpc) is 2.65. The first-order chi connectivity index (χ1) is 7.24. The Labute approximate surface area is 89.9 Å². The number of hydrogen-bond donors (Lipinski definition) is 3. The molecule has 15 heavy (non-hydrogen) atoms. The van der Waals surface area contributed by atoms with Crippen molar-refractivity contribution in [2.75, 3.05) is 12.8 Å². The van der Waals surface area contributed by atoms with E-state index in [1.807, 2.05) is 7.05 Å². The second kappa shape index (κ2) is 4.18. The Hall–Kier alpha value is -1.10. The van der Waals surface area contributed by atoms with Gasteiger partial charge in [-0.1, -0.05) is 19.3 Å². The highest BCUT2D eigenvalue weighted by Gasteiger charge is 2.31. The Balaban J connectivity index is 2.06. The van der Waals surface area contributed by atoms with Gasteiger partial charge < -0.3 is 11.1 Å². The van der Waals surface area contributed by atoms with Crippen molar-refractivity contribution in [1.82, 2.24) is 20.5 Å². The molecule has 1 saturated carbocycles. The van der Waals surface area contributed by atoms with Crippen molar-refractivity contribution in [2.45, 2.75) is 44.1 Å². The van der Waals surface area contributed by atoms with Gasteiger partial charge in [-0.2, -0.15) is 4.98 Å². The molecule has 1 aliphatic rings. The minimum atomic E-state index is 0.199. The van der Waals surface area contributed by atoms with Crippen molar-refractivity contribution in [3.05, 3.63) is 5.82 Å². The van der Waals surface area contributed by atoms with E-state index in [1.165, 1.54) is 32.1 Å². The number of nitrogens with zero attached hydrogens (tertiary/aromatic N) is 2. The van der Waals surface area contributed by atoms with E-state index in [9.17, 15) is 0 Å². The Bertz CT molecular complexity index is 313. The molecule has 0 radical (unpaired) electrons. The summed E-state index contributed by atoms with van der Waals surface area (Å²) in [5.74, 6) is 1.23. The van der Waals surface area contributed by atoms with E-state index < -0.39 is 0 Å². The van der Waals surface area contributed by atoms with Crippen molar-refractivity contribution >= 4 is 5.95 Å². The van der Waals surface area contributed by atoms with Gasteiger partial charge in [0.1, 0.15) is 5.82 Å². The van der Waals surface area contributed by atoms with Crippen molar-refractivity contribution in [1.29, 1.82) is 0 Å². The fourth-order valence-electron chi connectivity index (χ4n) is 2.45. The van der Waals surface area contributed by atoms with Crippen molar-refractivity contribution < 1.29 is 0 Å². The predicted octanol–water partition coefficient (Wildman–Crippen LogP) is 0.852. The van der Waals surface area contributed by atoms with Gasteiger partial charge >= 0.3 is 0 Å². The zero-order valence-corrected chi connectivity index (χ0v) is 9.21. The maximum absolute atomic E-state index is 5.49. The summed E-state index contributed by atoms with van der Waals surface area (Å²) in [5.41, 5.74) is 5.69. The molecular weight excluding hydrogens is 190 g/mol. The molecule has 0 spiro atoms. The molecule has 4 N–H and O–H groups in total. The Kier molecular flexibility index (Phi) is 2.90. The predicted molar refractivity (Wildman–Crippen MR) is 59.4 cm³/mol. The number of likely N-dealkylation sites (N-methyl/N-ethyl adjacent to an activating group) is 1. The lowest BCUT2D eigenvalue weighted by molar-refractivity contribution is 0.241. The van der Waals surface area contributed by atoms with Crippen molar-refractivity contribution in [2.24, 2.45) is 0 Å². The van der Waals surface area contributed by atoms with Crippen molar-refractivity contribution in [3.8, 4) is 0 Å². The van der Waals surface area contributed by atoms with Gasteiger partial charge in [-0.15, -0.1) is 5.10 Å². The van der Waals surface area contributed by atoms with E-state index in [0.29, 0.717) is 5.95 Å². The number of nitrogens with two attached hydrogens (primary N) is 1. The molecule has 5 heteroatoms. The molecule has 0 saturated heterocycles. The summed E-state index contributed by atoms with van der Waals surface area (Å²) in [6, 6.07) is 0. The van der Waals surface area contributed by atoms with E-state index in [4.69, 9.17) is 5.73 Å². The van der Waals surface area contributed by atoms with Crippen LogP contribution >= 0.6 is 0 Å². The van der Waals surface area contributed by atoms with Gasteiger partial charge in [-0.3, -0.25) is 5.10 Å². The van der Waals surface area contributed by atoms with E-state index in [1.54, 1.807) is 0 Å². The lowest BCUT2D eigenvalue weighted by Gasteiger charge is -2.36. The first-order valence-corrected chi connectivity index (χ1v) is 5.60. The summed E-state index contributed by atoms with van der Waals surface area (Å²) < 4.78 is 0. The summed E-state index contributed by atoms with van der Waals surface area (Å²) >= 11 is 0. The molecule has 1 fully saturated rings. The van der Waals surface area contributed by atoms with Crippen LogP contribution in [0.15, 0.2) is 0 Å². The molecule has 1 aliphatic carbocycles. The van der Waals surface area contributed by atoms with E-state index >= 15 is 0 Å². The van der Waals surface area contributed by atoms with E-state index in [2.05, 4.69) is 20.5 Å². The number of nitrogens with one attached hydrogen (secondary N) is 2. The molecule has 2 rings (SSSR count). The number of nitrogen functional groups attached to an aromatic ring is 1. The van der Waals surface area contributed by atoms with Crippen LogP contribution in [0.1, 0.15) is 37.9 Å². The molecule has 0 aromatic carbocycles. The molecule has 0 bridgehead atoms. The molecule has 0 unspecified atom stereocenters. The first-order valence-electron chi connectivity index (χ1n) is 5.60. The second-order valence-corrected chi connectivity index (χ2v) is 4.41. The number of H-pyrrole nitrogens is 1. The monoisotopic (exact) mass is 209 g/mol. The molecule has 0 atom stereocenters. The van der Waals surface area contributed by atoms with Crippen LogP contribution in [0.5, 0.6) is 0 Å².